The van der Waals surface area contributed by atoms with Crippen molar-refractivity contribution >= 4 is 62.0 Å². The van der Waals surface area contributed by atoms with E-state index in [0.29, 0.717) is 26.8 Å². The third-order valence-corrected chi connectivity index (χ3v) is 6.74. The molecule has 0 spiro atoms. The summed E-state index contributed by atoms with van der Waals surface area (Å²) < 4.78 is 5.54. The number of aromatic hydroxyl groups is 1. The highest BCUT2D eigenvalue weighted by atomic mass is 79.9. The molecule has 0 saturated carbocycles. The number of ether oxygens (including phenoxy) is 1. The Bertz CT molecular complexity index is 1610. The fraction of sp³-hybridized carbons (Fsp3) is 0.0690. The van der Waals surface area contributed by atoms with Gasteiger partial charge >= 0.3 is 6.03 Å². The molecule has 37 heavy (non-hydrogen) atoms. The number of halogens is 1. The molecule has 184 valence electrons. The van der Waals surface area contributed by atoms with Crippen molar-refractivity contribution in [2.24, 2.45) is 0 Å². The van der Waals surface area contributed by atoms with E-state index in [2.05, 4.69) is 15.9 Å². The molecule has 8 heteroatoms. The van der Waals surface area contributed by atoms with Crippen molar-refractivity contribution in [3.05, 3.63) is 100 Å². The number of carbonyl (C=O) groups excluding carboxylic acids is 3. The van der Waals surface area contributed by atoms with Gasteiger partial charge in [0, 0.05) is 5.39 Å². The van der Waals surface area contributed by atoms with E-state index in [4.69, 9.17) is 4.74 Å². The van der Waals surface area contributed by atoms with Gasteiger partial charge in [0.15, 0.2) is 11.5 Å². The molecule has 0 atom stereocenters. The molecule has 1 fully saturated rings. The van der Waals surface area contributed by atoms with Gasteiger partial charge < -0.3 is 9.84 Å². The van der Waals surface area contributed by atoms with Gasteiger partial charge in [0.05, 0.1) is 23.0 Å². The van der Waals surface area contributed by atoms with Crippen molar-refractivity contribution < 1.29 is 24.2 Å². The smallest absolute Gasteiger partial charge is 0.343 e. The highest BCUT2D eigenvalue weighted by Gasteiger charge is 2.44. The summed E-state index contributed by atoms with van der Waals surface area (Å²) in [6, 6.07) is 21.9. The van der Waals surface area contributed by atoms with Crippen molar-refractivity contribution in [2.45, 2.75) is 6.92 Å². The van der Waals surface area contributed by atoms with Crippen molar-refractivity contribution in [1.82, 2.24) is 0 Å². The van der Waals surface area contributed by atoms with Crippen LogP contribution in [0.2, 0.25) is 0 Å². The van der Waals surface area contributed by atoms with E-state index in [1.165, 1.54) is 19.3 Å². The highest BCUT2D eigenvalue weighted by Crippen LogP contribution is 2.37. The molecule has 1 aliphatic heterocycles. The molecule has 4 amide bonds. The fourth-order valence-electron chi connectivity index (χ4n) is 4.27. The molecule has 0 aliphatic carbocycles. The maximum atomic E-state index is 13.8. The van der Waals surface area contributed by atoms with Crippen LogP contribution in [0.4, 0.5) is 16.2 Å². The second-order valence-corrected chi connectivity index (χ2v) is 9.36. The SMILES string of the molecule is COc1cc(/C=C2\C(=O)N(c3ccc(C)cc3)C(=O)N(c3cccc4ccccc34)C2=O)cc(Br)c1O. The molecule has 5 rings (SSSR count). The monoisotopic (exact) mass is 556 g/mol. The van der Waals surface area contributed by atoms with Gasteiger partial charge in [-0.15, -0.1) is 0 Å². The third-order valence-electron chi connectivity index (χ3n) is 6.13. The first kappa shape index (κ1) is 24.3. The van der Waals surface area contributed by atoms with E-state index in [0.717, 1.165) is 20.7 Å². The van der Waals surface area contributed by atoms with Gasteiger partial charge in [-0.05, 0) is 70.2 Å². The highest BCUT2D eigenvalue weighted by molar-refractivity contribution is 9.10. The predicted molar refractivity (Wildman–Crippen MR) is 146 cm³/mol. The third kappa shape index (κ3) is 4.25. The Hall–Kier alpha value is -4.43. The van der Waals surface area contributed by atoms with Gasteiger partial charge in [0.2, 0.25) is 0 Å². The number of benzene rings is 4. The second kappa shape index (κ2) is 9.55. The average molecular weight is 557 g/mol. The van der Waals surface area contributed by atoms with Gasteiger partial charge in [0.1, 0.15) is 5.57 Å². The summed E-state index contributed by atoms with van der Waals surface area (Å²) in [7, 11) is 1.40. The van der Waals surface area contributed by atoms with Gasteiger partial charge in [0.25, 0.3) is 11.8 Å². The van der Waals surface area contributed by atoms with Crippen LogP contribution in [-0.2, 0) is 9.59 Å². The minimum Gasteiger partial charge on any atom is -0.503 e. The normalized spacial score (nSPS) is 15.1. The molecule has 7 nitrogen and oxygen atoms in total. The van der Waals surface area contributed by atoms with Gasteiger partial charge in [-0.1, -0.05) is 54.1 Å². The Morgan fingerprint density at radius 2 is 1.54 bits per heavy atom. The van der Waals surface area contributed by atoms with Gasteiger partial charge in [-0.3, -0.25) is 9.59 Å². The number of anilines is 2. The maximum absolute atomic E-state index is 13.8. The van der Waals surface area contributed by atoms with Crippen LogP contribution in [0.3, 0.4) is 0 Å². The molecular formula is C29H21BrN2O5. The lowest BCUT2D eigenvalue weighted by Crippen LogP contribution is -2.57. The predicted octanol–water partition coefficient (Wildman–Crippen LogP) is 6.21. The molecule has 1 aliphatic rings. The molecule has 0 aromatic heterocycles. The Kier molecular flexibility index (Phi) is 6.27. The number of hydrogen-bond donors (Lipinski definition) is 1. The molecule has 4 aromatic rings. The number of nitrogens with zero attached hydrogens (tertiary/aromatic N) is 2. The maximum Gasteiger partial charge on any atom is 0.343 e. The largest absolute Gasteiger partial charge is 0.503 e. The van der Waals surface area contributed by atoms with Crippen molar-refractivity contribution in [3.8, 4) is 11.5 Å². The molecule has 1 heterocycles. The minimum absolute atomic E-state index is 0.111. The van der Waals surface area contributed by atoms with E-state index in [1.807, 2.05) is 37.3 Å². The number of aryl methyl sites for hydroxylation is 1. The Morgan fingerprint density at radius 1 is 0.865 bits per heavy atom. The number of carbonyl (C=O) groups is 3. The Balaban J connectivity index is 1.72. The number of amides is 4. The summed E-state index contributed by atoms with van der Waals surface area (Å²) in [4.78, 5) is 43.3. The van der Waals surface area contributed by atoms with Gasteiger partial charge in [-0.2, -0.15) is 0 Å². The van der Waals surface area contributed by atoms with E-state index in [-0.39, 0.29) is 17.1 Å². The van der Waals surface area contributed by atoms with Gasteiger partial charge in [-0.25, -0.2) is 14.6 Å². The first-order valence-electron chi connectivity index (χ1n) is 11.4. The summed E-state index contributed by atoms with van der Waals surface area (Å²) in [6.45, 7) is 1.90. The summed E-state index contributed by atoms with van der Waals surface area (Å²) in [5.74, 6) is -1.45. The summed E-state index contributed by atoms with van der Waals surface area (Å²) in [5.41, 5.74) is 1.88. The molecule has 1 saturated heterocycles. The van der Waals surface area contributed by atoms with E-state index >= 15 is 0 Å². The Labute approximate surface area is 221 Å². The first-order chi connectivity index (χ1) is 17.8. The summed E-state index contributed by atoms with van der Waals surface area (Å²) in [5, 5.41) is 11.7. The number of urea groups is 1. The molecule has 0 unspecified atom stereocenters. The zero-order valence-electron chi connectivity index (χ0n) is 19.9. The quantitative estimate of drug-likeness (QED) is 0.238. The minimum atomic E-state index is -0.767. The molecular weight excluding hydrogens is 536 g/mol. The fourth-order valence-corrected chi connectivity index (χ4v) is 4.73. The standard InChI is InChI=1S/C29H21BrN2O5/c1-17-10-12-20(13-11-17)31-27(34)22(14-18-15-23(30)26(33)25(16-18)37-2)28(35)32(29(31)36)24-9-5-7-19-6-3-4-8-21(19)24/h3-16,33H,1-2H3/b22-14+. The number of methoxy groups -OCH3 is 1. The molecule has 1 N–H and O–H groups in total. The van der Waals surface area contributed by atoms with E-state index < -0.39 is 17.8 Å². The Morgan fingerprint density at radius 3 is 2.27 bits per heavy atom. The lowest BCUT2D eigenvalue weighted by atomic mass is 10.0. The van der Waals surface area contributed by atoms with Crippen LogP contribution in [0.15, 0.2) is 88.9 Å². The topological polar surface area (TPSA) is 87.2 Å². The molecule has 4 aromatic carbocycles. The molecule has 0 radical (unpaired) electrons. The van der Waals surface area contributed by atoms with Crippen molar-refractivity contribution in [2.75, 3.05) is 16.9 Å². The summed E-state index contributed by atoms with van der Waals surface area (Å²) in [6.07, 6.45) is 1.39. The first-order valence-corrected chi connectivity index (χ1v) is 12.1. The van der Waals surface area contributed by atoms with Crippen LogP contribution in [0.5, 0.6) is 11.5 Å². The zero-order valence-corrected chi connectivity index (χ0v) is 21.5. The van der Waals surface area contributed by atoms with E-state index in [1.54, 1.807) is 42.5 Å². The number of phenolic OH excluding ortho intramolecular Hbond substituents is 1. The van der Waals surface area contributed by atoms with Crippen molar-refractivity contribution in [3.63, 3.8) is 0 Å². The van der Waals surface area contributed by atoms with Crippen LogP contribution in [0.1, 0.15) is 11.1 Å². The summed E-state index contributed by atoms with van der Waals surface area (Å²) >= 11 is 3.27. The van der Waals surface area contributed by atoms with Crippen molar-refractivity contribution in [1.29, 1.82) is 0 Å². The number of fused-ring (bicyclic) bond motifs is 1. The second-order valence-electron chi connectivity index (χ2n) is 8.51. The van der Waals surface area contributed by atoms with Crippen LogP contribution in [0.25, 0.3) is 16.8 Å². The van der Waals surface area contributed by atoms with Crippen LogP contribution in [-0.4, -0.2) is 30.1 Å². The number of barbiturate groups is 1. The van der Waals surface area contributed by atoms with Crippen LogP contribution >= 0.6 is 15.9 Å². The van der Waals surface area contributed by atoms with Crippen LogP contribution in [0, 0.1) is 6.92 Å². The number of hydrogen-bond acceptors (Lipinski definition) is 5. The number of imide groups is 2. The zero-order chi connectivity index (χ0) is 26.3. The van der Waals surface area contributed by atoms with Crippen LogP contribution < -0.4 is 14.5 Å². The lowest BCUT2D eigenvalue weighted by molar-refractivity contribution is -0.121. The number of rotatable bonds is 4. The average Bonchev–Trinajstić information content (AvgIpc) is 2.89. The molecule has 0 bridgehead atoms. The lowest BCUT2D eigenvalue weighted by Gasteiger charge is -2.34. The van der Waals surface area contributed by atoms with E-state index in [9.17, 15) is 19.5 Å². The number of phenols is 1.